The molecule has 1 aliphatic rings. The monoisotopic (exact) mass is 229 g/mol. The zero-order valence-electron chi connectivity index (χ0n) is 10.5. The first-order chi connectivity index (χ1) is 8.20. The molecule has 17 heavy (non-hydrogen) atoms. The number of likely N-dealkylation sites (N-methyl/N-ethyl adjacent to an activating group) is 1. The van der Waals surface area contributed by atoms with Crippen molar-refractivity contribution in [2.45, 2.75) is 25.8 Å². The van der Waals surface area contributed by atoms with Crippen LogP contribution in [0.5, 0.6) is 0 Å². The van der Waals surface area contributed by atoms with Gasteiger partial charge in [0.2, 0.25) is 0 Å². The highest BCUT2D eigenvalue weighted by Crippen LogP contribution is 2.19. The first-order valence-corrected chi connectivity index (χ1v) is 6.15. The molecule has 2 rings (SSSR count). The Labute approximate surface area is 103 Å². The number of likely N-dealkylation sites (tertiary alicyclic amines) is 1. The Hall–Kier alpha value is -1.53. The van der Waals surface area contributed by atoms with E-state index in [9.17, 15) is 0 Å². The number of nitrogens with zero attached hydrogens (tertiary/aromatic N) is 2. The van der Waals surface area contributed by atoms with Crippen molar-refractivity contribution >= 4 is 5.69 Å². The minimum atomic E-state index is 0.599. The van der Waals surface area contributed by atoms with E-state index in [2.05, 4.69) is 23.3 Å². The van der Waals surface area contributed by atoms with Gasteiger partial charge in [-0.1, -0.05) is 6.07 Å². The van der Waals surface area contributed by atoms with Gasteiger partial charge in [0.25, 0.3) is 0 Å². The largest absolute Gasteiger partial charge is 0.382 e. The number of benzene rings is 1. The molecule has 0 spiro atoms. The van der Waals surface area contributed by atoms with E-state index in [0.717, 1.165) is 17.8 Å². The quantitative estimate of drug-likeness (QED) is 0.865. The lowest BCUT2D eigenvalue weighted by atomic mass is 10.1. The summed E-state index contributed by atoms with van der Waals surface area (Å²) in [6, 6.07) is 8.74. The fourth-order valence-corrected chi connectivity index (χ4v) is 2.37. The van der Waals surface area contributed by atoms with Crippen molar-refractivity contribution in [1.82, 2.24) is 4.90 Å². The van der Waals surface area contributed by atoms with Crippen LogP contribution in [0.25, 0.3) is 0 Å². The van der Waals surface area contributed by atoms with E-state index in [0.29, 0.717) is 6.04 Å². The average Bonchev–Trinajstić information content (AvgIpc) is 2.72. The van der Waals surface area contributed by atoms with Crippen molar-refractivity contribution in [2.24, 2.45) is 0 Å². The van der Waals surface area contributed by atoms with E-state index in [1.165, 1.54) is 24.9 Å². The Morgan fingerprint density at radius 1 is 1.53 bits per heavy atom. The summed E-state index contributed by atoms with van der Waals surface area (Å²) in [6.45, 7) is 4.16. The number of anilines is 1. The van der Waals surface area contributed by atoms with Gasteiger partial charge in [-0.15, -0.1) is 0 Å². The van der Waals surface area contributed by atoms with Crippen molar-refractivity contribution in [3.8, 4) is 6.07 Å². The van der Waals surface area contributed by atoms with E-state index in [1.54, 1.807) is 0 Å². The topological polar surface area (TPSA) is 39.1 Å². The van der Waals surface area contributed by atoms with Crippen molar-refractivity contribution in [1.29, 1.82) is 5.26 Å². The molecule has 0 saturated carbocycles. The molecule has 1 aromatic rings. The zero-order chi connectivity index (χ0) is 12.3. The van der Waals surface area contributed by atoms with Crippen LogP contribution in [0.3, 0.4) is 0 Å². The molecule has 0 aromatic heterocycles. The Morgan fingerprint density at radius 2 is 2.35 bits per heavy atom. The van der Waals surface area contributed by atoms with Crippen LogP contribution in [0.15, 0.2) is 18.2 Å². The van der Waals surface area contributed by atoms with Gasteiger partial charge < -0.3 is 10.2 Å². The van der Waals surface area contributed by atoms with E-state index < -0.39 is 0 Å². The standard InChI is InChI=1S/C14H19N3/c1-11-5-6-12(9-15)14(8-11)16-10-13-4-3-7-17(13)2/h5-6,8,13,16H,3-4,7,10H2,1-2H3. The zero-order valence-corrected chi connectivity index (χ0v) is 10.5. The first kappa shape index (κ1) is 11.9. The summed E-state index contributed by atoms with van der Waals surface area (Å²) in [7, 11) is 2.17. The SMILES string of the molecule is Cc1ccc(C#N)c(NCC2CCCN2C)c1. The van der Waals surface area contributed by atoms with E-state index >= 15 is 0 Å². The molecule has 1 saturated heterocycles. The minimum absolute atomic E-state index is 0.599. The number of aryl methyl sites for hydroxylation is 1. The summed E-state index contributed by atoms with van der Waals surface area (Å²) in [6.07, 6.45) is 2.53. The minimum Gasteiger partial charge on any atom is -0.382 e. The fraction of sp³-hybridized carbons (Fsp3) is 0.500. The van der Waals surface area contributed by atoms with Gasteiger partial charge in [-0.05, 0) is 51.1 Å². The van der Waals surface area contributed by atoms with Crippen molar-refractivity contribution in [3.63, 3.8) is 0 Å². The Bertz CT molecular complexity index is 434. The number of hydrogen-bond donors (Lipinski definition) is 1. The molecular weight excluding hydrogens is 210 g/mol. The van der Waals surface area contributed by atoms with Gasteiger partial charge in [-0.2, -0.15) is 5.26 Å². The predicted molar refractivity (Wildman–Crippen MR) is 70.0 cm³/mol. The molecule has 0 radical (unpaired) electrons. The molecule has 1 atom stereocenters. The highest BCUT2D eigenvalue weighted by atomic mass is 15.2. The molecule has 3 nitrogen and oxygen atoms in total. The molecule has 1 aliphatic heterocycles. The van der Waals surface area contributed by atoms with Crippen molar-refractivity contribution in [2.75, 3.05) is 25.5 Å². The summed E-state index contributed by atoms with van der Waals surface area (Å²) < 4.78 is 0. The summed E-state index contributed by atoms with van der Waals surface area (Å²) >= 11 is 0. The Kier molecular flexibility index (Phi) is 3.65. The van der Waals surface area contributed by atoms with Gasteiger partial charge in [0, 0.05) is 12.6 Å². The third kappa shape index (κ3) is 2.78. The smallest absolute Gasteiger partial charge is 0.101 e. The second kappa shape index (κ2) is 5.20. The van der Waals surface area contributed by atoms with E-state index in [-0.39, 0.29) is 0 Å². The Balaban J connectivity index is 2.03. The van der Waals surface area contributed by atoms with Gasteiger partial charge in [0.15, 0.2) is 0 Å². The summed E-state index contributed by atoms with van der Waals surface area (Å²) in [5.41, 5.74) is 2.88. The lowest BCUT2D eigenvalue weighted by molar-refractivity contribution is 0.322. The fourth-order valence-electron chi connectivity index (χ4n) is 2.37. The average molecular weight is 229 g/mol. The van der Waals surface area contributed by atoms with Crippen molar-refractivity contribution in [3.05, 3.63) is 29.3 Å². The van der Waals surface area contributed by atoms with Gasteiger partial charge in [-0.3, -0.25) is 0 Å². The lowest BCUT2D eigenvalue weighted by Gasteiger charge is -2.20. The maximum Gasteiger partial charge on any atom is 0.101 e. The first-order valence-electron chi connectivity index (χ1n) is 6.15. The summed E-state index contributed by atoms with van der Waals surface area (Å²) in [5.74, 6) is 0. The van der Waals surface area contributed by atoms with Crippen molar-refractivity contribution < 1.29 is 0 Å². The highest BCUT2D eigenvalue weighted by Gasteiger charge is 2.20. The highest BCUT2D eigenvalue weighted by molar-refractivity contribution is 5.58. The third-order valence-corrected chi connectivity index (χ3v) is 3.50. The Morgan fingerprint density at radius 3 is 3.00 bits per heavy atom. The predicted octanol–water partition coefficient (Wildman–Crippen LogP) is 2.37. The summed E-state index contributed by atoms with van der Waals surface area (Å²) in [4.78, 5) is 2.38. The molecule has 0 bridgehead atoms. The molecular formula is C14H19N3. The van der Waals surface area contributed by atoms with Gasteiger partial charge in [0.1, 0.15) is 6.07 Å². The van der Waals surface area contributed by atoms with Crippen LogP contribution in [-0.2, 0) is 0 Å². The molecule has 1 aromatic carbocycles. The van der Waals surface area contributed by atoms with Crippen LogP contribution in [-0.4, -0.2) is 31.1 Å². The van der Waals surface area contributed by atoms with Crippen LogP contribution >= 0.6 is 0 Å². The van der Waals surface area contributed by atoms with Gasteiger partial charge in [-0.25, -0.2) is 0 Å². The molecule has 0 aliphatic carbocycles. The van der Waals surface area contributed by atoms with Crippen LogP contribution in [0, 0.1) is 18.3 Å². The van der Waals surface area contributed by atoms with E-state index in [1.807, 2.05) is 25.1 Å². The van der Waals surface area contributed by atoms with E-state index in [4.69, 9.17) is 5.26 Å². The molecule has 3 heteroatoms. The molecule has 1 N–H and O–H groups in total. The van der Waals surface area contributed by atoms with Gasteiger partial charge in [0.05, 0.1) is 11.3 Å². The second-order valence-corrected chi connectivity index (χ2v) is 4.82. The maximum absolute atomic E-state index is 9.05. The number of hydrogen-bond acceptors (Lipinski definition) is 3. The summed E-state index contributed by atoms with van der Waals surface area (Å²) in [5, 5.41) is 12.5. The van der Waals surface area contributed by atoms with Gasteiger partial charge >= 0.3 is 0 Å². The van der Waals surface area contributed by atoms with Crippen LogP contribution in [0.4, 0.5) is 5.69 Å². The molecule has 0 amide bonds. The number of nitrogens with one attached hydrogen (secondary N) is 1. The molecule has 1 fully saturated rings. The normalized spacial score (nSPS) is 20.2. The third-order valence-electron chi connectivity index (χ3n) is 3.50. The second-order valence-electron chi connectivity index (χ2n) is 4.82. The number of rotatable bonds is 3. The molecule has 90 valence electrons. The number of nitriles is 1. The van der Waals surface area contributed by atoms with Crippen LogP contribution in [0.2, 0.25) is 0 Å². The van der Waals surface area contributed by atoms with Crippen LogP contribution < -0.4 is 5.32 Å². The lowest BCUT2D eigenvalue weighted by Crippen LogP contribution is -2.31. The molecule has 1 unspecified atom stereocenters. The maximum atomic E-state index is 9.05. The van der Waals surface area contributed by atoms with Crippen LogP contribution in [0.1, 0.15) is 24.0 Å². The molecule has 1 heterocycles.